The van der Waals surface area contributed by atoms with Crippen molar-refractivity contribution >= 4 is 11.6 Å². The summed E-state index contributed by atoms with van der Waals surface area (Å²) in [6.45, 7) is 5.87. The Morgan fingerprint density at radius 1 is 1.13 bits per heavy atom. The maximum atomic E-state index is 12.9. The van der Waals surface area contributed by atoms with Gasteiger partial charge in [0.15, 0.2) is 0 Å². The zero-order valence-electron chi connectivity index (χ0n) is 13.5. The van der Waals surface area contributed by atoms with Gasteiger partial charge in [-0.15, -0.1) is 0 Å². The minimum atomic E-state index is -0.483. The fourth-order valence-electron chi connectivity index (χ4n) is 2.50. The number of nitro groups is 1. The zero-order chi connectivity index (χ0) is 17.0. The maximum Gasteiger partial charge on any atom is 0.285 e. The molecule has 0 N–H and O–H groups in total. The van der Waals surface area contributed by atoms with Crippen molar-refractivity contribution in [1.82, 2.24) is 4.90 Å². The van der Waals surface area contributed by atoms with Crippen molar-refractivity contribution in [3.63, 3.8) is 0 Å². The first-order chi connectivity index (χ1) is 10.9. The SMILES string of the molecule is Cc1cccc(C(=O)N(Cc2ccccc2)C(C)C)c1[N+](=O)[O-]. The summed E-state index contributed by atoms with van der Waals surface area (Å²) in [4.78, 5) is 25.4. The van der Waals surface area contributed by atoms with Gasteiger partial charge in [-0.05, 0) is 32.4 Å². The van der Waals surface area contributed by atoms with Crippen LogP contribution in [0.25, 0.3) is 0 Å². The molecule has 2 aromatic carbocycles. The fraction of sp³-hybridized carbons (Fsp3) is 0.278. The standard InChI is InChI=1S/C18H20N2O3/c1-13(2)19(12-15-9-5-4-6-10-15)18(21)16-11-7-8-14(3)17(16)20(22)23/h4-11,13H,12H2,1-3H3. The zero-order valence-corrected chi connectivity index (χ0v) is 13.5. The Bertz CT molecular complexity index is 711. The Labute approximate surface area is 135 Å². The van der Waals surface area contributed by atoms with Gasteiger partial charge in [0, 0.05) is 18.2 Å². The van der Waals surface area contributed by atoms with Crippen molar-refractivity contribution in [2.75, 3.05) is 0 Å². The molecule has 0 bridgehead atoms. The third kappa shape index (κ3) is 3.74. The molecule has 0 aliphatic heterocycles. The number of carbonyl (C=O) groups is 1. The Morgan fingerprint density at radius 2 is 1.78 bits per heavy atom. The average molecular weight is 312 g/mol. The van der Waals surface area contributed by atoms with Crippen LogP contribution in [0, 0.1) is 17.0 Å². The summed E-state index contributed by atoms with van der Waals surface area (Å²) >= 11 is 0. The van der Waals surface area contributed by atoms with Crippen LogP contribution in [-0.4, -0.2) is 21.8 Å². The number of nitro benzene ring substituents is 1. The monoisotopic (exact) mass is 312 g/mol. The topological polar surface area (TPSA) is 63.5 Å². The highest BCUT2D eigenvalue weighted by Gasteiger charge is 2.27. The molecule has 120 valence electrons. The molecule has 5 heteroatoms. The summed E-state index contributed by atoms with van der Waals surface area (Å²) in [6.07, 6.45) is 0. The number of carbonyl (C=O) groups excluding carboxylic acids is 1. The molecule has 0 radical (unpaired) electrons. The average Bonchev–Trinajstić information content (AvgIpc) is 2.52. The van der Waals surface area contributed by atoms with E-state index in [2.05, 4.69) is 0 Å². The van der Waals surface area contributed by atoms with Gasteiger partial charge in [0.2, 0.25) is 0 Å². The van der Waals surface area contributed by atoms with Crippen molar-refractivity contribution in [2.45, 2.75) is 33.4 Å². The lowest BCUT2D eigenvalue weighted by molar-refractivity contribution is -0.385. The van der Waals surface area contributed by atoms with Crippen LogP contribution in [0.5, 0.6) is 0 Å². The van der Waals surface area contributed by atoms with Crippen LogP contribution in [0.4, 0.5) is 5.69 Å². The molecule has 0 fully saturated rings. The number of hydrogen-bond donors (Lipinski definition) is 0. The van der Waals surface area contributed by atoms with E-state index in [-0.39, 0.29) is 23.2 Å². The van der Waals surface area contributed by atoms with Crippen LogP contribution in [0.15, 0.2) is 48.5 Å². The van der Waals surface area contributed by atoms with Gasteiger partial charge in [0.1, 0.15) is 5.56 Å². The molecule has 0 saturated carbocycles. The van der Waals surface area contributed by atoms with Crippen molar-refractivity contribution in [1.29, 1.82) is 0 Å². The lowest BCUT2D eigenvalue weighted by atomic mass is 10.1. The number of hydrogen-bond acceptors (Lipinski definition) is 3. The Hall–Kier alpha value is -2.69. The summed E-state index contributed by atoms with van der Waals surface area (Å²) in [5.74, 6) is -0.320. The van der Waals surface area contributed by atoms with Crippen LogP contribution in [0.1, 0.15) is 35.3 Å². The number of para-hydroxylation sites is 1. The molecule has 0 saturated heterocycles. The summed E-state index contributed by atoms with van der Waals surface area (Å²) in [5, 5.41) is 11.3. The van der Waals surface area contributed by atoms with Gasteiger partial charge in [-0.1, -0.05) is 42.5 Å². The highest BCUT2D eigenvalue weighted by atomic mass is 16.6. The van der Waals surface area contributed by atoms with Crippen molar-refractivity contribution in [3.05, 3.63) is 75.3 Å². The lowest BCUT2D eigenvalue weighted by Gasteiger charge is -2.27. The first-order valence-electron chi connectivity index (χ1n) is 7.50. The summed E-state index contributed by atoms with van der Waals surface area (Å²) in [7, 11) is 0. The normalized spacial score (nSPS) is 10.6. The van der Waals surface area contributed by atoms with Gasteiger partial charge in [0.05, 0.1) is 4.92 Å². The number of amides is 1. The van der Waals surface area contributed by atoms with E-state index in [1.54, 1.807) is 24.0 Å². The van der Waals surface area contributed by atoms with Crippen LogP contribution in [0.2, 0.25) is 0 Å². The maximum absolute atomic E-state index is 12.9. The van der Waals surface area contributed by atoms with Gasteiger partial charge in [-0.2, -0.15) is 0 Å². The summed E-state index contributed by atoms with van der Waals surface area (Å²) < 4.78 is 0. The molecule has 2 aromatic rings. The third-order valence-electron chi connectivity index (χ3n) is 3.73. The molecule has 0 aliphatic rings. The number of benzene rings is 2. The Kier molecular flexibility index (Phi) is 5.11. The first-order valence-corrected chi connectivity index (χ1v) is 7.50. The van der Waals surface area contributed by atoms with E-state index in [1.807, 2.05) is 44.2 Å². The van der Waals surface area contributed by atoms with Crippen LogP contribution in [0.3, 0.4) is 0 Å². The Balaban J connectivity index is 2.40. The second kappa shape index (κ2) is 7.05. The predicted octanol–water partition coefficient (Wildman–Crippen LogP) is 3.95. The largest absolute Gasteiger partial charge is 0.332 e. The van der Waals surface area contributed by atoms with Gasteiger partial charge < -0.3 is 4.90 Å². The quantitative estimate of drug-likeness (QED) is 0.620. The van der Waals surface area contributed by atoms with E-state index < -0.39 is 4.92 Å². The van der Waals surface area contributed by atoms with Crippen LogP contribution < -0.4 is 0 Å². The van der Waals surface area contributed by atoms with Gasteiger partial charge >= 0.3 is 0 Å². The second-order valence-electron chi connectivity index (χ2n) is 5.74. The molecule has 0 aliphatic carbocycles. The third-order valence-corrected chi connectivity index (χ3v) is 3.73. The molecule has 2 rings (SSSR count). The van der Waals surface area contributed by atoms with E-state index in [0.717, 1.165) is 5.56 Å². The minimum absolute atomic E-state index is 0.0668. The smallest absolute Gasteiger partial charge is 0.285 e. The highest BCUT2D eigenvalue weighted by Crippen LogP contribution is 2.25. The number of nitrogens with zero attached hydrogens (tertiary/aromatic N) is 2. The summed E-state index contributed by atoms with van der Waals surface area (Å²) in [5.41, 5.74) is 1.50. The molecule has 23 heavy (non-hydrogen) atoms. The Morgan fingerprint density at radius 3 is 2.35 bits per heavy atom. The van der Waals surface area contributed by atoms with Crippen LogP contribution in [-0.2, 0) is 6.54 Å². The van der Waals surface area contributed by atoms with Crippen LogP contribution >= 0.6 is 0 Å². The predicted molar refractivity (Wildman–Crippen MR) is 89.3 cm³/mol. The second-order valence-corrected chi connectivity index (χ2v) is 5.74. The highest BCUT2D eigenvalue weighted by molar-refractivity contribution is 5.98. The van der Waals surface area contributed by atoms with E-state index in [9.17, 15) is 14.9 Å². The minimum Gasteiger partial charge on any atom is -0.332 e. The molecule has 5 nitrogen and oxygen atoms in total. The van der Waals surface area contributed by atoms with E-state index in [4.69, 9.17) is 0 Å². The van der Waals surface area contributed by atoms with Crippen molar-refractivity contribution < 1.29 is 9.72 Å². The van der Waals surface area contributed by atoms with Gasteiger partial charge in [0.25, 0.3) is 11.6 Å². The molecule has 0 aromatic heterocycles. The molecule has 0 atom stereocenters. The van der Waals surface area contributed by atoms with Crippen molar-refractivity contribution in [3.8, 4) is 0 Å². The molecular weight excluding hydrogens is 292 g/mol. The molecule has 0 heterocycles. The molecule has 1 amide bonds. The summed E-state index contributed by atoms with van der Waals surface area (Å²) in [6, 6.07) is 14.4. The lowest BCUT2D eigenvalue weighted by Crippen LogP contribution is -2.36. The van der Waals surface area contributed by atoms with Crippen molar-refractivity contribution in [2.24, 2.45) is 0 Å². The van der Waals surface area contributed by atoms with Gasteiger partial charge in [-0.3, -0.25) is 14.9 Å². The van der Waals surface area contributed by atoms with E-state index in [1.165, 1.54) is 6.07 Å². The first kappa shape index (κ1) is 16.7. The molecule has 0 unspecified atom stereocenters. The van der Waals surface area contributed by atoms with E-state index >= 15 is 0 Å². The number of rotatable bonds is 5. The fourth-order valence-corrected chi connectivity index (χ4v) is 2.50. The van der Waals surface area contributed by atoms with E-state index in [0.29, 0.717) is 12.1 Å². The molecule has 0 spiro atoms. The number of aryl methyl sites for hydroxylation is 1. The van der Waals surface area contributed by atoms with Gasteiger partial charge in [-0.25, -0.2) is 0 Å². The molecular formula is C18H20N2O3.